The molecule has 3 aromatic rings. The van der Waals surface area contributed by atoms with E-state index in [4.69, 9.17) is 9.47 Å². The first-order chi connectivity index (χ1) is 16.5. The van der Waals surface area contributed by atoms with Gasteiger partial charge in [-0.05, 0) is 11.6 Å². The molecule has 5 rings (SSSR count). The number of ketones is 1. The van der Waals surface area contributed by atoms with Crippen LogP contribution in [0, 0.1) is 5.92 Å². The Kier molecular flexibility index (Phi) is 5.59. The van der Waals surface area contributed by atoms with E-state index in [1.807, 2.05) is 67.6 Å². The van der Waals surface area contributed by atoms with Crippen LogP contribution in [-0.4, -0.2) is 45.7 Å². The van der Waals surface area contributed by atoms with E-state index in [0.717, 1.165) is 16.7 Å². The summed E-state index contributed by atoms with van der Waals surface area (Å²) in [5.41, 5.74) is 5.61. The summed E-state index contributed by atoms with van der Waals surface area (Å²) in [6.07, 6.45) is 2.38. The Morgan fingerprint density at radius 1 is 1.21 bits per heavy atom. The van der Waals surface area contributed by atoms with Crippen LogP contribution in [0.25, 0.3) is 5.57 Å². The minimum Gasteiger partial charge on any atom is -0.496 e. The van der Waals surface area contributed by atoms with Crippen LogP contribution in [0.1, 0.15) is 34.5 Å². The Morgan fingerprint density at radius 3 is 2.76 bits per heavy atom. The molecule has 1 atom stereocenters. The average Bonchev–Trinajstić information content (AvgIpc) is 3.50. The molecule has 1 aromatic heterocycles. The van der Waals surface area contributed by atoms with Gasteiger partial charge < -0.3 is 9.47 Å². The topological polar surface area (TPSA) is 109 Å². The molecular weight excluding hydrogens is 434 g/mol. The van der Waals surface area contributed by atoms with Gasteiger partial charge in [-0.25, -0.2) is 9.99 Å². The molecule has 172 valence electrons. The SMILES string of the molecule is COc1ccccc1C1=C[C@H](C)C(=O)C2=C1OCN2NC(=O)c1n[nH]c(Cc2ccccc2)n1. The van der Waals surface area contributed by atoms with Crippen LogP contribution in [0.15, 0.2) is 72.1 Å². The molecule has 0 saturated heterocycles. The van der Waals surface area contributed by atoms with Gasteiger partial charge in [0.15, 0.2) is 18.3 Å². The van der Waals surface area contributed by atoms with Crippen molar-refractivity contribution in [3.63, 3.8) is 0 Å². The van der Waals surface area contributed by atoms with Gasteiger partial charge in [0.05, 0.1) is 7.11 Å². The molecule has 34 heavy (non-hydrogen) atoms. The normalized spacial score (nSPS) is 17.2. The highest BCUT2D eigenvalue weighted by molar-refractivity contribution is 6.06. The molecule has 0 radical (unpaired) electrons. The number of H-pyrrole nitrogens is 1. The zero-order valence-electron chi connectivity index (χ0n) is 18.7. The fraction of sp³-hybridized carbons (Fsp3) is 0.200. The molecule has 0 bridgehead atoms. The van der Waals surface area contributed by atoms with Crippen molar-refractivity contribution in [2.45, 2.75) is 13.3 Å². The highest BCUT2D eigenvalue weighted by Gasteiger charge is 2.39. The standard InChI is InChI=1S/C25H23N5O4/c1-15-12-18(17-10-6-7-11-19(17)33-2)23-21(22(15)31)30(14-34-23)29-25(32)24-26-20(27-28-24)13-16-8-4-3-5-9-16/h3-12,15H,13-14H2,1-2H3,(H,29,32)(H,26,27,28)/t15-/m0/s1. The van der Waals surface area contributed by atoms with Gasteiger partial charge in [0.25, 0.3) is 0 Å². The number of nitrogens with zero attached hydrogens (tertiary/aromatic N) is 3. The van der Waals surface area contributed by atoms with Gasteiger partial charge in [-0.15, -0.1) is 5.10 Å². The summed E-state index contributed by atoms with van der Waals surface area (Å²) in [6.45, 7) is 1.80. The van der Waals surface area contributed by atoms with E-state index in [9.17, 15) is 9.59 Å². The largest absolute Gasteiger partial charge is 0.496 e. The number of carbonyl (C=O) groups excluding carboxylic acids is 2. The third kappa shape index (κ3) is 3.92. The Labute approximate surface area is 196 Å². The molecule has 2 N–H and O–H groups in total. The summed E-state index contributed by atoms with van der Waals surface area (Å²) in [4.78, 5) is 30.2. The number of Topliss-reactive ketones (excluding diaryl/α,β-unsaturated/α-hetero) is 1. The number of aromatic amines is 1. The maximum Gasteiger partial charge on any atom is 0.309 e. The minimum absolute atomic E-state index is 0.0113. The number of ether oxygens (including phenoxy) is 2. The molecule has 0 saturated carbocycles. The molecule has 0 unspecified atom stereocenters. The van der Waals surface area contributed by atoms with Crippen molar-refractivity contribution in [3.8, 4) is 5.75 Å². The van der Waals surface area contributed by atoms with Crippen molar-refractivity contribution in [1.29, 1.82) is 0 Å². The molecule has 0 spiro atoms. The smallest absolute Gasteiger partial charge is 0.309 e. The lowest BCUT2D eigenvalue weighted by Crippen LogP contribution is -2.43. The van der Waals surface area contributed by atoms with Crippen molar-refractivity contribution in [1.82, 2.24) is 25.6 Å². The zero-order valence-corrected chi connectivity index (χ0v) is 18.7. The summed E-state index contributed by atoms with van der Waals surface area (Å²) >= 11 is 0. The van der Waals surface area contributed by atoms with E-state index in [1.54, 1.807) is 7.11 Å². The quantitative estimate of drug-likeness (QED) is 0.586. The number of carbonyl (C=O) groups is 2. The van der Waals surface area contributed by atoms with Crippen LogP contribution in [0.2, 0.25) is 0 Å². The van der Waals surface area contributed by atoms with Gasteiger partial charge in [-0.1, -0.05) is 61.5 Å². The number of para-hydroxylation sites is 1. The summed E-state index contributed by atoms with van der Waals surface area (Å²) in [6, 6.07) is 17.3. The van der Waals surface area contributed by atoms with Crippen molar-refractivity contribution in [3.05, 3.63) is 94.9 Å². The number of hydrogen-bond acceptors (Lipinski definition) is 7. The Balaban J connectivity index is 1.37. The average molecular weight is 457 g/mol. The Morgan fingerprint density at radius 2 is 1.97 bits per heavy atom. The Bertz CT molecular complexity index is 1310. The minimum atomic E-state index is -0.540. The number of hydrogen-bond donors (Lipinski definition) is 2. The summed E-state index contributed by atoms with van der Waals surface area (Å²) in [7, 11) is 1.59. The fourth-order valence-electron chi connectivity index (χ4n) is 4.06. The lowest BCUT2D eigenvalue weighted by atomic mass is 9.88. The number of aromatic nitrogens is 3. The van der Waals surface area contributed by atoms with Crippen molar-refractivity contribution in [2.75, 3.05) is 13.8 Å². The van der Waals surface area contributed by atoms with Gasteiger partial charge in [0, 0.05) is 23.5 Å². The molecule has 9 heteroatoms. The number of methoxy groups -OCH3 is 1. The summed E-state index contributed by atoms with van der Waals surface area (Å²) in [5.74, 6) is 0.538. The first-order valence-electron chi connectivity index (χ1n) is 10.9. The van der Waals surface area contributed by atoms with E-state index < -0.39 is 11.8 Å². The van der Waals surface area contributed by atoms with Gasteiger partial charge in [0.1, 0.15) is 17.3 Å². The zero-order chi connectivity index (χ0) is 23.7. The number of rotatable bonds is 6. The molecule has 0 fully saturated rings. The molecule has 2 aliphatic rings. The number of allylic oxidation sites excluding steroid dienone is 3. The third-order valence-electron chi connectivity index (χ3n) is 5.71. The molecule has 1 aliphatic carbocycles. The molecule has 2 aromatic carbocycles. The first-order valence-corrected chi connectivity index (χ1v) is 10.9. The second kappa shape index (κ2) is 8.86. The third-order valence-corrected chi connectivity index (χ3v) is 5.71. The van der Waals surface area contributed by atoms with Gasteiger partial charge in [-0.2, -0.15) is 0 Å². The Hall–Kier alpha value is -4.40. The van der Waals surface area contributed by atoms with Crippen LogP contribution in [0.3, 0.4) is 0 Å². The maximum absolute atomic E-state index is 13.0. The van der Waals surface area contributed by atoms with E-state index in [2.05, 4.69) is 20.6 Å². The van der Waals surface area contributed by atoms with E-state index >= 15 is 0 Å². The molecule has 1 amide bonds. The van der Waals surface area contributed by atoms with Crippen LogP contribution < -0.4 is 10.2 Å². The lowest BCUT2D eigenvalue weighted by Gasteiger charge is -2.23. The number of amides is 1. The summed E-state index contributed by atoms with van der Waals surface area (Å²) in [5, 5.41) is 8.24. The van der Waals surface area contributed by atoms with Gasteiger partial charge in [0.2, 0.25) is 5.82 Å². The highest BCUT2D eigenvalue weighted by atomic mass is 16.5. The molecular formula is C25H23N5O4. The van der Waals surface area contributed by atoms with E-state index in [-0.39, 0.29) is 18.3 Å². The van der Waals surface area contributed by atoms with E-state index in [0.29, 0.717) is 29.5 Å². The van der Waals surface area contributed by atoms with Crippen LogP contribution in [0.5, 0.6) is 5.75 Å². The van der Waals surface area contributed by atoms with Crippen molar-refractivity contribution < 1.29 is 19.1 Å². The lowest BCUT2D eigenvalue weighted by molar-refractivity contribution is -0.119. The van der Waals surface area contributed by atoms with Crippen LogP contribution >= 0.6 is 0 Å². The predicted octanol–water partition coefficient (Wildman–Crippen LogP) is 2.85. The number of hydrazine groups is 1. The van der Waals surface area contributed by atoms with Crippen molar-refractivity contribution >= 4 is 17.3 Å². The fourth-order valence-corrected chi connectivity index (χ4v) is 4.06. The second-order valence-corrected chi connectivity index (χ2v) is 8.02. The van der Waals surface area contributed by atoms with Crippen LogP contribution in [-0.2, 0) is 16.0 Å². The van der Waals surface area contributed by atoms with Crippen LogP contribution in [0.4, 0.5) is 0 Å². The number of benzene rings is 2. The summed E-state index contributed by atoms with van der Waals surface area (Å²) < 4.78 is 11.4. The molecule has 9 nitrogen and oxygen atoms in total. The predicted molar refractivity (Wildman–Crippen MR) is 123 cm³/mol. The van der Waals surface area contributed by atoms with E-state index in [1.165, 1.54) is 5.01 Å². The highest BCUT2D eigenvalue weighted by Crippen LogP contribution is 2.41. The molecule has 1 aliphatic heterocycles. The number of nitrogens with one attached hydrogen (secondary N) is 2. The van der Waals surface area contributed by atoms with Gasteiger partial charge in [-0.3, -0.25) is 20.1 Å². The van der Waals surface area contributed by atoms with Gasteiger partial charge >= 0.3 is 5.91 Å². The maximum atomic E-state index is 13.0. The monoisotopic (exact) mass is 457 g/mol. The van der Waals surface area contributed by atoms with Crippen molar-refractivity contribution in [2.24, 2.45) is 5.92 Å². The second-order valence-electron chi connectivity index (χ2n) is 8.02. The first kappa shape index (κ1) is 21.4. The molecule has 2 heterocycles.